The zero-order valence-electron chi connectivity index (χ0n) is 15.7. The van der Waals surface area contributed by atoms with Gasteiger partial charge in [0.1, 0.15) is 11.8 Å². The molecule has 2 unspecified atom stereocenters. The van der Waals surface area contributed by atoms with Crippen molar-refractivity contribution in [2.45, 2.75) is 44.3 Å². The van der Waals surface area contributed by atoms with Crippen LogP contribution in [0.25, 0.3) is 0 Å². The molecule has 28 heavy (non-hydrogen) atoms. The normalized spacial score (nSPS) is 19.2. The summed E-state index contributed by atoms with van der Waals surface area (Å²) in [4.78, 5) is 39.4. The lowest BCUT2D eigenvalue weighted by Crippen LogP contribution is -2.45. The largest absolute Gasteiger partial charge is 0.469 e. The second-order valence-electron chi connectivity index (χ2n) is 7.40. The van der Waals surface area contributed by atoms with Crippen molar-refractivity contribution in [1.29, 1.82) is 0 Å². The number of nitrogens with one attached hydrogen (secondary N) is 2. The summed E-state index contributed by atoms with van der Waals surface area (Å²) in [5.74, 6) is 0.0924. The Bertz CT molecular complexity index is 889. The molecule has 2 aromatic rings. The van der Waals surface area contributed by atoms with Gasteiger partial charge in [-0.2, -0.15) is 0 Å². The molecule has 2 atom stereocenters. The number of hydrogen-bond acceptors (Lipinski definition) is 4. The van der Waals surface area contributed by atoms with E-state index >= 15 is 0 Å². The van der Waals surface area contributed by atoms with E-state index in [4.69, 9.17) is 4.42 Å². The molecule has 1 fully saturated rings. The average Bonchev–Trinajstić information content (AvgIpc) is 3.30. The van der Waals surface area contributed by atoms with E-state index in [1.807, 2.05) is 25.1 Å². The Morgan fingerprint density at radius 3 is 2.71 bits per heavy atom. The molecule has 146 valence electrons. The third-order valence-electron chi connectivity index (χ3n) is 5.11. The molecule has 4 rings (SSSR count). The van der Waals surface area contributed by atoms with Gasteiger partial charge in [-0.3, -0.25) is 14.4 Å². The Morgan fingerprint density at radius 2 is 2.00 bits per heavy atom. The van der Waals surface area contributed by atoms with Crippen molar-refractivity contribution in [3.8, 4) is 0 Å². The fraction of sp³-hybridized carbons (Fsp3) is 0.381. The highest BCUT2D eigenvalue weighted by molar-refractivity contribution is 6.05. The molecule has 0 bridgehead atoms. The molecule has 1 aliphatic carbocycles. The van der Waals surface area contributed by atoms with Crippen molar-refractivity contribution in [2.24, 2.45) is 0 Å². The summed E-state index contributed by atoms with van der Waals surface area (Å²) >= 11 is 0. The zero-order chi connectivity index (χ0) is 19.7. The van der Waals surface area contributed by atoms with Gasteiger partial charge in [0.25, 0.3) is 5.91 Å². The van der Waals surface area contributed by atoms with Gasteiger partial charge in [-0.1, -0.05) is 18.2 Å². The van der Waals surface area contributed by atoms with E-state index in [0.29, 0.717) is 17.5 Å². The number of rotatable bonds is 7. The Kier molecular flexibility index (Phi) is 4.90. The SMILES string of the molecule is CC(Cc1ccco1)NC(=O)CNC(=O)C1c2ccccc2C(=O)N1C1CC1. The molecular weight excluding hydrogens is 358 g/mol. The van der Waals surface area contributed by atoms with Gasteiger partial charge in [-0.05, 0) is 43.5 Å². The Morgan fingerprint density at radius 1 is 1.21 bits per heavy atom. The second-order valence-corrected chi connectivity index (χ2v) is 7.40. The molecule has 2 N–H and O–H groups in total. The van der Waals surface area contributed by atoms with Crippen LogP contribution in [0.4, 0.5) is 0 Å². The molecule has 7 nitrogen and oxygen atoms in total. The highest BCUT2D eigenvalue weighted by atomic mass is 16.3. The topological polar surface area (TPSA) is 91.6 Å². The summed E-state index contributed by atoms with van der Waals surface area (Å²) in [6.07, 6.45) is 3.99. The minimum atomic E-state index is -0.662. The maximum atomic E-state index is 12.8. The lowest BCUT2D eigenvalue weighted by Gasteiger charge is -2.24. The molecule has 1 saturated carbocycles. The molecule has 2 aliphatic rings. The van der Waals surface area contributed by atoms with E-state index in [-0.39, 0.29) is 36.3 Å². The van der Waals surface area contributed by atoms with Gasteiger partial charge in [0, 0.05) is 24.1 Å². The van der Waals surface area contributed by atoms with Crippen molar-refractivity contribution >= 4 is 17.7 Å². The Balaban J connectivity index is 1.36. The Hall–Kier alpha value is -3.09. The van der Waals surface area contributed by atoms with E-state index < -0.39 is 6.04 Å². The quantitative estimate of drug-likeness (QED) is 0.765. The van der Waals surface area contributed by atoms with Crippen molar-refractivity contribution in [3.05, 3.63) is 59.5 Å². The van der Waals surface area contributed by atoms with Gasteiger partial charge < -0.3 is 20.0 Å². The third-order valence-corrected chi connectivity index (χ3v) is 5.11. The zero-order valence-corrected chi connectivity index (χ0v) is 15.7. The van der Waals surface area contributed by atoms with Crippen LogP contribution in [0.1, 0.15) is 47.5 Å². The first-order valence-electron chi connectivity index (χ1n) is 9.55. The molecular formula is C21H23N3O4. The summed E-state index contributed by atoms with van der Waals surface area (Å²) in [5.41, 5.74) is 1.29. The van der Waals surface area contributed by atoms with Gasteiger partial charge in [0.15, 0.2) is 0 Å². The summed E-state index contributed by atoms with van der Waals surface area (Å²) in [6, 6.07) is 10.2. The third kappa shape index (κ3) is 3.65. The van der Waals surface area contributed by atoms with E-state index in [1.54, 1.807) is 29.4 Å². The minimum Gasteiger partial charge on any atom is -0.469 e. The van der Waals surface area contributed by atoms with Gasteiger partial charge in [0.2, 0.25) is 11.8 Å². The molecule has 3 amide bonds. The lowest BCUT2D eigenvalue weighted by molar-refractivity contribution is -0.129. The molecule has 7 heteroatoms. The second kappa shape index (κ2) is 7.50. The lowest BCUT2D eigenvalue weighted by atomic mass is 10.0. The van der Waals surface area contributed by atoms with Crippen molar-refractivity contribution in [3.63, 3.8) is 0 Å². The Labute approximate surface area is 163 Å². The van der Waals surface area contributed by atoms with E-state index in [1.165, 1.54) is 0 Å². The number of fused-ring (bicyclic) bond motifs is 1. The van der Waals surface area contributed by atoms with E-state index in [2.05, 4.69) is 10.6 Å². The first kappa shape index (κ1) is 18.3. The summed E-state index contributed by atoms with van der Waals surface area (Å²) in [7, 11) is 0. The number of hydrogen-bond donors (Lipinski definition) is 2. The van der Waals surface area contributed by atoms with Crippen LogP contribution in [0.3, 0.4) is 0 Å². The fourth-order valence-electron chi connectivity index (χ4n) is 3.70. The highest BCUT2D eigenvalue weighted by Crippen LogP contribution is 2.41. The van der Waals surface area contributed by atoms with Gasteiger partial charge in [-0.25, -0.2) is 0 Å². The van der Waals surface area contributed by atoms with Crippen molar-refractivity contribution in [2.75, 3.05) is 6.54 Å². The molecule has 0 saturated heterocycles. The van der Waals surface area contributed by atoms with Crippen LogP contribution < -0.4 is 10.6 Å². The monoisotopic (exact) mass is 381 g/mol. The van der Waals surface area contributed by atoms with Gasteiger partial charge in [-0.15, -0.1) is 0 Å². The summed E-state index contributed by atoms with van der Waals surface area (Å²) in [6.45, 7) is 1.75. The molecule has 0 spiro atoms. The standard InChI is InChI=1S/C21H23N3O4/c1-13(11-15-5-4-10-28-15)23-18(25)12-22-20(26)19-16-6-2-3-7-17(16)21(27)24(19)14-8-9-14/h2-7,10,13-14,19H,8-9,11-12H2,1H3,(H,22,26)(H,23,25). The predicted molar refractivity (Wildman–Crippen MR) is 101 cm³/mol. The number of carbonyl (C=O) groups excluding carboxylic acids is 3. The van der Waals surface area contributed by atoms with Crippen LogP contribution in [0.15, 0.2) is 47.1 Å². The maximum Gasteiger partial charge on any atom is 0.255 e. The first-order valence-corrected chi connectivity index (χ1v) is 9.55. The molecule has 0 radical (unpaired) electrons. The summed E-state index contributed by atoms with van der Waals surface area (Å²) < 4.78 is 5.28. The van der Waals surface area contributed by atoms with Crippen LogP contribution in [0, 0.1) is 0 Å². The van der Waals surface area contributed by atoms with Crippen LogP contribution in [-0.4, -0.2) is 41.2 Å². The van der Waals surface area contributed by atoms with Gasteiger partial charge in [0.05, 0.1) is 12.8 Å². The van der Waals surface area contributed by atoms with Crippen LogP contribution >= 0.6 is 0 Å². The minimum absolute atomic E-state index is 0.102. The smallest absolute Gasteiger partial charge is 0.255 e. The molecule has 1 aliphatic heterocycles. The molecule has 1 aromatic carbocycles. The van der Waals surface area contributed by atoms with Crippen molar-refractivity contribution in [1.82, 2.24) is 15.5 Å². The van der Waals surface area contributed by atoms with Crippen molar-refractivity contribution < 1.29 is 18.8 Å². The fourth-order valence-corrected chi connectivity index (χ4v) is 3.70. The molecule has 1 aromatic heterocycles. The number of nitrogens with zero attached hydrogens (tertiary/aromatic N) is 1. The highest BCUT2D eigenvalue weighted by Gasteiger charge is 2.47. The predicted octanol–water partition coefficient (Wildman–Crippen LogP) is 1.80. The first-order chi connectivity index (χ1) is 13.5. The average molecular weight is 381 g/mol. The number of furan rings is 1. The number of amides is 3. The van der Waals surface area contributed by atoms with Gasteiger partial charge >= 0.3 is 0 Å². The van der Waals surface area contributed by atoms with E-state index in [9.17, 15) is 14.4 Å². The van der Waals surface area contributed by atoms with Crippen LogP contribution in [0.5, 0.6) is 0 Å². The number of carbonyl (C=O) groups is 3. The van der Waals surface area contributed by atoms with Crippen LogP contribution in [0.2, 0.25) is 0 Å². The molecule has 2 heterocycles. The maximum absolute atomic E-state index is 12.8. The van der Waals surface area contributed by atoms with E-state index in [0.717, 1.165) is 18.6 Å². The van der Waals surface area contributed by atoms with Crippen LogP contribution in [-0.2, 0) is 16.0 Å². The number of benzene rings is 1. The summed E-state index contributed by atoms with van der Waals surface area (Å²) in [5, 5.41) is 5.54.